The third-order valence-electron chi connectivity index (χ3n) is 1.39. The molecule has 1 aromatic rings. The highest BCUT2D eigenvalue weighted by Crippen LogP contribution is 2.15. The standard InChI is InChI=1S/C6H8N2.C3HF3O3/c7-8-6-4-2-1-3-5-6;4-3(5,6)1(7)2(8)9/h1-5,8H,7H2;(H,8,9). The van der Waals surface area contributed by atoms with Crippen LogP contribution in [0.2, 0.25) is 0 Å². The van der Waals surface area contributed by atoms with Crippen molar-refractivity contribution in [3.05, 3.63) is 30.3 Å². The maximum atomic E-state index is 11.0. The number of aliphatic carboxylic acids is 1. The van der Waals surface area contributed by atoms with Crippen LogP contribution in [0.15, 0.2) is 30.3 Å². The first-order chi connectivity index (χ1) is 7.79. The van der Waals surface area contributed by atoms with Gasteiger partial charge in [-0.2, -0.15) is 13.2 Å². The summed E-state index contributed by atoms with van der Waals surface area (Å²) in [5, 5.41) is 7.45. The number of ketones is 1. The van der Waals surface area contributed by atoms with E-state index in [1.54, 1.807) is 0 Å². The Kier molecular flexibility index (Phi) is 5.69. The molecule has 0 aliphatic carbocycles. The lowest BCUT2D eigenvalue weighted by molar-refractivity contribution is -0.180. The second-order valence-corrected chi connectivity index (χ2v) is 2.64. The molecule has 0 saturated carbocycles. The van der Waals surface area contributed by atoms with Crippen molar-refractivity contribution in [2.24, 2.45) is 5.84 Å². The number of carbonyl (C=O) groups is 2. The van der Waals surface area contributed by atoms with E-state index in [1.807, 2.05) is 30.3 Å². The Balaban J connectivity index is 0.000000302. The first-order valence-electron chi connectivity index (χ1n) is 4.15. The van der Waals surface area contributed by atoms with Crippen molar-refractivity contribution in [2.75, 3.05) is 5.43 Å². The Morgan fingerprint density at radius 3 is 1.82 bits per heavy atom. The van der Waals surface area contributed by atoms with Gasteiger partial charge < -0.3 is 10.5 Å². The fourth-order valence-electron chi connectivity index (χ4n) is 0.656. The van der Waals surface area contributed by atoms with E-state index in [4.69, 9.17) is 10.9 Å². The lowest BCUT2D eigenvalue weighted by atomic mass is 10.3. The number of nitrogen functional groups attached to an aromatic ring is 1. The van der Waals surface area contributed by atoms with Gasteiger partial charge >= 0.3 is 17.9 Å². The van der Waals surface area contributed by atoms with E-state index in [-0.39, 0.29) is 0 Å². The third-order valence-corrected chi connectivity index (χ3v) is 1.39. The van der Waals surface area contributed by atoms with Crippen molar-refractivity contribution in [3.63, 3.8) is 0 Å². The summed E-state index contributed by atoms with van der Waals surface area (Å²) in [6, 6.07) is 9.60. The highest BCUT2D eigenvalue weighted by atomic mass is 19.4. The highest BCUT2D eigenvalue weighted by Gasteiger charge is 2.43. The molecule has 0 aliphatic rings. The summed E-state index contributed by atoms with van der Waals surface area (Å²) in [5.41, 5.74) is 3.46. The Morgan fingerprint density at radius 2 is 1.65 bits per heavy atom. The summed E-state index contributed by atoms with van der Waals surface area (Å²) in [7, 11) is 0. The zero-order valence-electron chi connectivity index (χ0n) is 8.36. The molecular weight excluding hydrogens is 241 g/mol. The number of Topliss-reactive ketones (excluding diaryl/α,β-unsaturated/α-hetero) is 1. The molecule has 8 heteroatoms. The number of carboxylic acid groups (broad SMARTS) is 1. The topological polar surface area (TPSA) is 92.4 Å². The lowest BCUT2D eigenvalue weighted by Crippen LogP contribution is -2.30. The Hall–Kier alpha value is -2.09. The highest BCUT2D eigenvalue weighted by molar-refractivity contribution is 6.34. The molecule has 1 rings (SSSR count). The lowest BCUT2D eigenvalue weighted by Gasteiger charge is -1.97. The van der Waals surface area contributed by atoms with E-state index in [2.05, 4.69) is 5.43 Å². The van der Waals surface area contributed by atoms with Crippen molar-refractivity contribution in [2.45, 2.75) is 6.18 Å². The van der Waals surface area contributed by atoms with Gasteiger partial charge in [0.1, 0.15) is 0 Å². The van der Waals surface area contributed by atoms with Gasteiger partial charge in [-0.05, 0) is 12.1 Å². The Bertz CT molecular complexity index is 379. The van der Waals surface area contributed by atoms with Gasteiger partial charge in [-0.1, -0.05) is 18.2 Å². The molecule has 0 radical (unpaired) electrons. The van der Waals surface area contributed by atoms with Gasteiger partial charge in [0.2, 0.25) is 0 Å². The molecule has 5 nitrogen and oxygen atoms in total. The van der Waals surface area contributed by atoms with Crippen LogP contribution in [0, 0.1) is 0 Å². The van der Waals surface area contributed by atoms with Crippen LogP contribution in [0.25, 0.3) is 0 Å². The summed E-state index contributed by atoms with van der Waals surface area (Å²) in [4.78, 5) is 18.7. The quantitative estimate of drug-likeness (QED) is 0.416. The van der Waals surface area contributed by atoms with Gasteiger partial charge in [0.25, 0.3) is 0 Å². The molecule has 0 bridgehead atoms. The van der Waals surface area contributed by atoms with Crippen LogP contribution in [0.4, 0.5) is 18.9 Å². The second-order valence-electron chi connectivity index (χ2n) is 2.64. The number of nitrogens with one attached hydrogen (secondary N) is 1. The molecular formula is C9H9F3N2O3. The maximum absolute atomic E-state index is 11.0. The van der Waals surface area contributed by atoms with E-state index in [0.29, 0.717) is 0 Å². The van der Waals surface area contributed by atoms with E-state index in [1.165, 1.54) is 0 Å². The normalized spacial score (nSPS) is 9.88. The van der Waals surface area contributed by atoms with E-state index >= 15 is 0 Å². The van der Waals surface area contributed by atoms with Crippen molar-refractivity contribution in [1.82, 2.24) is 0 Å². The van der Waals surface area contributed by atoms with Crippen LogP contribution >= 0.6 is 0 Å². The fourth-order valence-corrected chi connectivity index (χ4v) is 0.656. The van der Waals surface area contributed by atoms with Gasteiger partial charge in [0, 0.05) is 5.69 Å². The molecule has 0 aromatic heterocycles. The molecule has 0 spiro atoms. The molecule has 0 amide bonds. The average molecular weight is 250 g/mol. The third kappa shape index (κ3) is 6.15. The van der Waals surface area contributed by atoms with E-state index in [0.717, 1.165) is 5.69 Å². The number of anilines is 1. The van der Waals surface area contributed by atoms with Crippen molar-refractivity contribution < 1.29 is 27.9 Å². The van der Waals surface area contributed by atoms with Gasteiger partial charge in [-0.15, -0.1) is 0 Å². The predicted octanol–water partition coefficient (Wildman–Crippen LogP) is 1.17. The summed E-state index contributed by atoms with van der Waals surface area (Å²) in [6.07, 6.45) is -5.26. The van der Waals surface area contributed by atoms with Crippen molar-refractivity contribution in [3.8, 4) is 0 Å². The second kappa shape index (κ2) is 6.48. The molecule has 0 heterocycles. The molecule has 17 heavy (non-hydrogen) atoms. The first kappa shape index (κ1) is 14.9. The number of benzene rings is 1. The summed E-state index contributed by atoms with van der Waals surface area (Å²) in [5.74, 6) is -0.132. The van der Waals surface area contributed by atoms with E-state index in [9.17, 15) is 22.8 Å². The molecule has 0 aliphatic heterocycles. The predicted molar refractivity (Wildman–Crippen MR) is 52.9 cm³/mol. The number of halogens is 3. The summed E-state index contributed by atoms with van der Waals surface area (Å²) < 4.78 is 32.9. The number of hydrazine groups is 1. The number of alkyl halides is 3. The Morgan fingerprint density at radius 1 is 1.18 bits per heavy atom. The molecule has 94 valence electrons. The van der Waals surface area contributed by atoms with Crippen LogP contribution in [0.1, 0.15) is 0 Å². The number of hydrogen-bond donors (Lipinski definition) is 3. The number of hydrogen-bond acceptors (Lipinski definition) is 4. The molecule has 0 fully saturated rings. The van der Waals surface area contributed by atoms with Crippen LogP contribution in [0.5, 0.6) is 0 Å². The van der Waals surface area contributed by atoms with Gasteiger partial charge in [-0.25, -0.2) is 4.79 Å². The molecule has 4 N–H and O–H groups in total. The average Bonchev–Trinajstić information content (AvgIpc) is 2.28. The van der Waals surface area contributed by atoms with Crippen LogP contribution in [0.3, 0.4) is 0 Å². The number of carbonyl (C=O) groups excluding carboxylic acids is 1. The zero-order chi connectivity index (χ0) is 13.5. The summed E-state index contributed by atoms with van der Waals surface area (Å²) in [6.45, 7) is 0. The smallest absolute Gasteiger partial charge is 0.461 e. The minimum absolute atomic E-state index is 0.938. The largest absolute Gasteiger partial charge is 0.475 e. The number of nitrogens with two attached hydrogens (primary N) is 1. The monoisotopic (exact) mass is 250 g/mol. The van der Waals surface area contributed by atoms with Crippen molar-refractivity contribution in [1.29, 1.82) is 0 Å². The minimum atomic E-state index is -5.26. The molecule has 0 saturated heterocycles. The maximum Gasteiger partial charge on any atom is 0.461 e. The van der Waals surface area contributed by atoms with Crippen LogP contribution < -0.4 is 11.3 Å². The SMILES string of the molecule is NNc1ccccc1.O=C(O)C(=O)C(F)(F)F. The Labute approximate surface area is 94.0 Å². The minimum Gasteiger partial charge on any atom is -0.475 e. The number of rotatable bonds is 2. The van der Waals surface area contributed by atoms with Gasteiger partial charge in [0.15, 0.2) is 0 Å². The zero-order valence-corrected chi connectivity index (χ0v) is 8.36. The summed E-state index contributed by atoms with van der Waals surface area (Å²) >= 11 is 0. The fraction of sp³-hybridized carbons (Fsp3) is 0.111. The molecule has 1 aromatic carbocycles. The van der Waals surface area contributed by atoms with Gasteiger partial charge in [0.05, 0.1) is 0 Å². The van der Waals surface area contributed by atoms with Crippen LogP contribution in [-0.2, 0) is 9.59 Å². The van der Waals surface area contributed by atoms with Crippen LogP contribution in [-0.4, -0.2) is 23.0 Å². The number of carboxylic acids is 1. The van der Waals surface area contributed by atoms with Crippen molar-refractivity contribution >= 4 is 17.4 Å². The molecule has 0 atom stereocenters. The molecule has 0 unspecified atom stereocenters. The first-order valence-corrected chi connectivity index (χ1v) is 4.15. The number of para-hydroxylation sites is 1. The van der Waals surface area contributed by atoms with E-state index < -0.39 is 17.9 Å². The van der Waals surface area contributed by atoms with Gasteiger partial charge in [-0.3, -0.25) is 10.6 Å².